The summed E-state index contributed by atoms with van der Waals surface area (Å²) >= 11 is 0. The highest BCUT2D eigenvalue weighted by Gasteiger charge is 2.45. The van der Waals surface area contributed by atoms with Crippen LogP contribution < -0.4 is 0 Å². The van der Waals surface area contributed by atoms with Crippen molar-refractivity contribution in [2.45, 2.75) is 167 Å². The Morgan fingerprint density at radius 1 is 0.475 bits per heavy atom. The Morgan fingerprint density at radius 3 is 1.31 bits per heavy atom. The summed E-state index contributed by atoms with van der Waals surface area (Å²) in [4.78, 5) is 69.1. The maximum absolute atomic E-state index is 14.2. The van der Waals surface area contributed by atoms with Crippen LogP contribution in [0, 0.1) is 27.1 Å². The van der Waals surface area contributed by atoms with E-state index in [1.807, 2.05) is 69.2 Å². The molecule has 0 aromatic heterocycles. The molecule has 59 heavy (non-hydrogen) atoms. The number of ether oxygens (including phenoxy) is 6. The molecule has 0 saturated heterocycles. The average Bonchev–Trinajstić information content (AvgIpc) is 3.19. The third kappa shape index (κ3) is 20.6. The molecule has 0 bridgehead atoms. The van der Waals surface area contributed by atoms with Crippen LogP contribution in [-0.2, 0) is 52.4 Å². The zero-order chi connectivity index (χ0) is 45.5. The number of esters is 5. The average molecular weight is 878 g/mol. The number of hydrogen-bond donors (Lipinski definition) is 0. The smallest absolute Gasteiger partial charge is 0.311 e. The zero-order valence-corrected chi connectivity index (χ0v) is 41.3. The number of carbonyl (C=O) groups is 5. The number of methoxy groups -OCH3 is 1. The molecule has 0 radical (unpaired) electrons. The first-order valence-electron chi connectivity index (χ1n) is 21.8. The van der Waals surface area contributed by atoms with Crippen LogP contribution in [-0.4, -0.2) is 112 Å². The van der Waals surface area contributed by atoms with Crippen LogP contribution in [0.1, 0.15) is 155 Å². The molecule has 0 aliphatic heterocycles. The molecule has 14 heteroatoms. The van der Waals surface area contributed by atoms with Crippen LogP contribution >= 0.6 is 21.6 Å². The second-order valence-corrected chi connectivity index (χ2v) is 21.1. The van der Waals surface area contributed by atoms with Crippen molar-refractivity contribution < 1.29 is 52.4 Å². The highest BCUT2D eigenvalue weighted by Crippen LogP contribution is 2.44. The SMILES string of the molecule is CCCOC(=O)C(C)(C)CCC(C)(CCC(C)(CCC(C)(CC)C(=O)OCCOC)C(=O)OCCSSCCOC(=O)C(C)(C)CC)C(=O)OCCN(C(C)C)C(C)C. The van der Waals surface area contributed by atoms with Crippen LogP contribution in [0.15, 0.2) is 0 Å². The van der Waals surface area contributed by atoms with Crippen LogP contribution in [0.2, 0.25) is 0 Å². The molecule has 0 N–H and O–H groups in total. The number of carbonyl (C=O) groups excluding carboxylic acids is 5. The first-order chi connectivity index (χ1) is 27.4. The van der Waals surface area contributed by atoms with Gasteiger partial charge in [-0.3, -0.25) is 28.9 Å². The molecule has 0 aliphatic rings. The highest BCUT2D eigenvalue weighted by molar-refractivity contribution is 8.76. The van der Waals surface area contributed by atoms with E-state index in [0.717, 1.165) is 0 Å². The van der Waals surface area contributed by atoms with Crippen molar-refractivity contribution in [3.8, 4) is 0 Å². The van der Waals surface area contributed by atoms with Gasteiger partial charge in [0.1, 0.15) is 26.4 Å². The molecule has 0 aliphatic carbocycles. The fraction of sp³-hybridized carbons (Fsp3) is 0.889. The Bertz CT molecular complexity index is 1270. The largest absolute Gasteiger partial charge is 0.465 e. The minimum atomic E-state index is -1.06. The van der Waals surface area contributed by atoms with E-state index in [2.05, 4.69) is 32.6 Å². The number of hydrogen-bond acceptors (Lipinski definition) is 14. The summed E-state index contributed by atoms with van der Waals surface area (Å²) in [5, 5.41) is 0. The van der Waals surface area contributed by atoms with E-state index in [0.29, 0.717) is 76.2 Å². The molecule has 0 heterocycles. The van der Waals surface area contributed by atoms with Crippen LogP contribution in [0.25, 0.3) is 0 Å². The van der Waals surface area contributed by atoms with Gasteiger partial charge in [-0.15, -0.1) is 0 Å². The summed E-state index contributed by atoms with van der Waals surface area (Å²) in [5.41, 5.74) is -4.33. The molecule has 0 amide bonds. The Hall–Kier alpha value is -2.03. The molecule has 0 saturated carbocycles. The van der Waals surface area contributed by atoms with E-state index < -0.39 is 33.0 Å². The van der Waals surface area contributed by atoms with Gasteiger partial charge in [0.15, 0.2) is 0 Å². The summed E-state index contributed by atoms with van der Waals surface area (Å²) in [5.74, 6) is -0.546. The maximum atomic E-state index is 14.2. The second kappa shape index (κ2) is 27.8. The standard InChI is InChI=1S/C45H83NO11S2/c1-16-26-53-37(48)42(10,11)19-20-44(13,39(50)54-27-25-46(34(4)5)35(6)7)23-24-45(14,22-21-43(12,18-3)38(49)55-29-28-52-15)40(51)57-31-33-59-58-32-30-56-36(47)41(8,9)17-2/h34-35H,16-33H2,1-15H3. The van der Waals surface area contributed by atoms with E-state index in [9.17, 15) is 24.0 Å². The summed E-state index contributed by atoms with van der Waals surface area (Å²) in [6, 6.07) is 0.542. The molecule has 0 fully saturated rings. The Labute approximate surface area is 366 Å². The summed E-state index contributed by atoms with van der Waals surface area (Å²) in [6.45, 7) is 29.2. The minimum Gasteiger partial charge on any atom is -0.465 e. The molecule has 346 valence electrons. The zero-order valence-electron chi connectivity index (χ0n) is 39.6. The van der Waals surface area contributed by atoms with Crippen molar-refractivity contribution in [3.05, 3.63) is 0 Å². The topological polar surface area (TPSA) is 144 Å². The molecule has 12 nitrogen and oxygen atoms in total. The van der Waals surface area contributed by atoms with E-state index in [1.54, 1.807) is 17.9 Å². The van der Waals surface area contributed by atoms with Crippen LogP contribution in [0.4, 0.5) is 0 Å². The first-order valence-corrected chi connectivity index (χ1v) is 24.3. The van der Waals surface area contributed by atoms with Crippen LogP contribution in [0.3, 0.4) is 0 Å². The van der Waals surface area contributed by atoms with Crippen molar-refractivity contribution in [1.29, 1.82) is 0 Å². The fourth-order valence-electron chi connectivity index (χ4n) is 6.16. The van der Waals surface area contributed by atoms with E-state index >= 15 is 0 Å². The van der Waals surface area contributed by atoms with Gasteiger partial charge in [0, 0.05) is 37.2 Å². The molecule has 3 atom stereocenters. The van der Waals surface area contributed by atoms with Crippen molar-refractivity contribution in [2.24, 2.45) is 27.1 Å². The predicted molar refractivity (Wildman–Crippen MR) is 239 cm³/mol. The predicted octanol–water partition coefficient (Wildman–Crippen LogP) is 9.49. The molecule has 0 aromatic rings. The van der Waals surface area contributed by atoms with Gasteiger partial charge in [0.25, 0.3) is 0 Å². The quantitative estimate of drug-likeness (QED) is 0.0267. The van der Waals surface area contributed by atoms with Crippen molar-refractivity contribution >= 4 is 51.4 Å². The number of rotatable bonds is 33. The number of nitrogens with zero attached hydrogens (tertiary/aromatic N) is 1. The summed E-state index contributed by atoms with van der Waals surface area (Å²) < 4.78 is 33.5. The highest BCUT2D eigenvalue weighted by atomic mass is 33.1. The monoisotopic (exact) mass is 878 g/mol. The summed E-state index contributed by atoms with van der Waals surface area (Å²) in [7, 11) is 4.62. The van der Waals surface area contributed by atoms with E-state index in [4.69, 9.17) is 28.4 Å². The van der Waals surface area contributed by atoms with Gasteiger partial charge < -0.3 is 28.4 Å². The van der Waals surface area contributed by atoms with Gasteiger partial charge >= 0.3 is 29.8 Å². The first kappa shape index (κ1) is 57.0. The van der Waals surface area contributed by atoms with Gasteiger partial charge in [0.05, 0.1) is 40.3 Å². The van der Waals surface area contributed by atoms with Gasteiger partial charge in [-0.25, -0.2) is 0 Å². The van der Waals surface area contributed by atoms with Crippen molar-refractivity contribution in [1.82, 2.24) is 4.90 Å². The lowest BCUT2D eigenvalue weighted by atomic mass is 9.69. The van der Waals surface area contributed by atoms with Crippen molar-refractivity contribution in [3.63, 3.8) is 0 Å². The Balaban J connectivity index is 6.27. The lowest BCUT2D eigenvalue weighted by molar-refractivity contribution is -0.163. The second-order valence-electron chi connectivity index (χ2n) is 18.4. The molecule has 0 aromatic carbocycles. The van der Waals surface area contributed by atoms with E-state index in [-0.39, 0.29) is 75.2 Å². The normalized spacial score (nSPS) is 15.3. The maximum Gasteiger partial charge on any atom is 0.311 e. The van der Waals surface area contributed by atoms with Crippen molar-refractivity contribution in [2.75, 3.05) is 64.8 Å². The van der Waals surface area contributed by atoms with Crippen LogP contribution in [0.5, 0.6) is 0 Å². The van der Waals surface area contributed by atoms with Gasteiger partial charge in [-0.05, 0) is 134 Å². The Morgan fingerprint density at radius 2 is 0.864 bits per heavy atom. The van der Waals surface area contributed by atoms with Gasteiger partial charge in [-0.1, -0.05) is 42.4 Å². The molecular weight excluding hydrogens is 795 g/mol. The third-order valence-corrected chi connectivity index (χ3v) is 14.1. The third-order valence-electron chi connectivity index (χ3n) is 11.8. The van der Waals surface area contributed by atoms with Gasteiger partial charge in [-0.2, -0.15) is 0 Å². The van der Waals surface area contributed by atoms with E-state index in [1.165, 1.54) is 10.8 Å². The lowest BCUT2D eigenvalue weighted by Gasteiger charge is -2.36. The van der Waals surface area contributed by atoms with Gasteiger partial charge in [0.2, 0.25) is 0 Å². The minimum absolute atomic E-state index is 0.133. The molecule has 3 unspecified atom stereocenters. The Kier molecular flexibility index (Phi) is 26.9. The molecule has 0 rings (SSSR count). The molecular formula is C45H83NO11S2. The molecule has 0 spiro atoms. The lowest BCUT2D eigenvalue weighted by Crippen LogP contribution is -2.41. The fourth-order valence-corrected chi connectivity index (χ4v) is 7.81. The summed E-state index contributed by atoms with van der Waals surface area (Å²) in [6.07, 6.45) is 3.85.